The van der Waals surface area contributed by atoms with E-state index in [0.717, 1.165) is 44.1 Å². The molecule has 0 heterocycles. The molecular formula is C19H23Cl2NO3. The second-order valence-electron chi connectivity index (χ2n) is 7.28. The maximum Gasteiger partial charge on any atom is 0.306 e. The number of carboxylic acid groups (broad SMARTS) is 1. The number of nitrogens with one attached hydrogen (secondary N) is 1. The minimum absolute atomic E-state index is 0.0437. The van der Waals surface area contributed by atoms with Crippen LogP contribution >= 0.6 is 23.2 Å². The molecule has 2 aliphatic carbocycles. The highest BCUT2D eigenvalue weighted by atomic mass is 35.5. The van der Waals surface area contributed by atoms with Crippen LogP contribution in [-0.4, -0.2) is 23.0 Å². The maximum absolute atomic E-state index is 13.1. The Bertz CT molecular complexity index is 663. The Morgan fingerprint density at radius 1 is 1.04 bits per heavy atom. The SMILES string of the molecule is O=C(O)C1CCC(NC(=O)C2(c3ccc(Cl)c(Cl)c3)CCCC2)CC1. The van der Waals surface area contributed by atoms with Crippen molar-refractivity contribution in [3.63, 3.8) is 0 Å². The van der Waals surface area contributed by atoms with E-state index >= 15 is 0 Å². The highest BCUT2D eigenvalue weighted by Gasteiger charge is 2.43. The zero-order valence-electron chi connectivity index (χ0n) is 14.1. The van der Waals surface area contributed by atoms with E-state index in [1.807, 2.05) is 12.1 Å². The predicted octanol–water partition coefficient (Wildman–Crippen LogP) is 4.56. The number of rotatable bonds is 4. The fourth-order valence-corrected chi connectivity index (χ4v) is 4.53. The summed E-state index contributed by atoms with van der Waals surface area (Å²) in [7, 11) is 0. The van der Waals surface area contributed by atoms with Gasteiger partial charge in [-0.15, -0.1) is 0 Å². The number of benzene rings is 1. The molecule has 2 fully saturated rings. The second kappa shape index (κ2) is 7.55. The van der Waals surface area contributed by atoms with Gasteiger partial charge in [0.25, 0.3) is 0 Å². The number of hydrogen-bond acceptors (Lipinski definition) is 2. The van der Waals surface area contributed by atoms with Gasteiger partial charge in [0.05, 0.1) is 21.4 Å². The van der Waals surface area contributed by atoms with Gasteiger partial charge < -0.3 is 10.4 Å². The van der Waals surface area contributed by atoms with Crippen molar-refractivity contribution in [2.24, 2.45) is 5.92 Å². The zero-order chi connectivity index (χ0) is 18.0. The van der Waals surface area contributed by atoms with Crippen LogP contribution in [0.2, 0.25) is 10.0 Å². The number of amides is 1. The molecule has 2 N–H and O–H groups in total. The van der Waals surface area contributed by atoms with Crippen molar-refractivity contribution in [2.45, 2.75) is 62.8 Å². The quantitative estimate of drug-likeness (QED) is 0.800. The average molecular weight is 384 g/mol. The largest absolute Gasteiger partial charge is 0.481 e. The van der Waals surface area contributed by atoms with E-state index in [9.17, 15) is 9.59 Å². The third kappa shape index (κ3) is 3.80. The molecule has 2 aliphatic rings. The van der Waals surface area contributed by atoms with E-state index in [1.165, 1.54) is 0 Å². The molecule has 0 radical (unpaired) electrons. The van der Waals surface area contributed by atoms with Crippen molar-refractivity contribution >= 4 is 35.1 Å². The summed E-state index contributed by atoms with van der Waals surface area (Å²) in [6.07, 6.45) is 6.34. The van der Waals surface area contributed by atoms with E-state index in [0.29, 0.717) is 22.9 Å². The van der Waals surface area contributed by atoms with Gasteiger partial charge in [-0.2, -0.15) is 0 Å². The summed E-state index contributed by atoms with van der Waals surface area (Å²) in [5, 5.41) is 13.3. The van der Waals surface area contributed by atoms with E-state index in [-0.39, 0.29) is 17.9 Å². The van der Waals surface area contributed by atoms with Gasteiger partial charge in [-0.1, -0.05) is 42.1 Å². The maximum atomic E-state index is 13.1. The first-order valence-corrected chi connectivity index (χ1v) is 9.67. The van der Waals surface area contributed by atoms with Crippen LogP contribution in [0.4, 0.5) is 0 Å². The van der Waals surface area contributed by atoms with Gasteiger partial charge >= 0.3 is 5.97 Å². The van der Waals surface area contributed by atoms with Crippen LogP contribution in [0.15, 0.2) is 18.2 Å². The van der Waals surface area contributed by atoms with Crippen LogP contribution in [0.1, 0.15) is 56.9 Å². The molecule has 0 aliphatic heterocycles. The van der Waals surface area contributed by atoms with Crippen LogP contribution in [0.3, 0.4) is 0 Å². The Morgan fingerprint density at radius 3 is 2.24 bits per heavy atom. The molecule has 25 heavy (non-hydrogen) atoms. The van der Waals surface area contributed by atoms with Gasteiger partial charge in [0.15, 0.2) is 0 Å². The molecule has 136 valence electrons. The van der Waals surface area contributed by atoms with Crippen molar-refractivity contribution < 1.29 is 14.7 Å². The van der Waals surface area contributed by atoms with Gasteiger partial charge in [0, 0.05) is 6.04 Å². The van der Waals surface area contributed by atoms with Gasteiger partial charge in [-0.05, 0) is 56.2 Å². The molecule has 1 amide bonds. The number of halogens is 2. The number of aliphatic carboxylic acids is 1. The number of hydrogen-bond donors (Lipinski definition) is 2. The summed E-state index contributed by atoms with van der Waals surface area (Å²) in [6.45, 7) is 0. The van der Waals surface area contributed by atoms with Crippen molar-refractivity contribution in [2.75, 3.05) is 0 Å². The summed E-state index contributed by atoms with van der Waals surface area (Å²) < 4.78 is 0. The van der Waals surface area contributed by atoms with Crippen LogP contribution in [0.25, 0.3) is 0 Å². The Hall–Kier alpha value is -1.26. The van der Waals surface area contributed by atoms with Gasteiger partial charge in [-0.3, -0.25) is 9.59 Å². The number of carboxylic acids is 1. The summed E-state index contributed by atoms with van der Waals surface area (Å²) >= 11 is 12.2. The molecule has 4 nitrogen and oxygen atoms in total. The normalized spacial score (nSPS) is 25.5. The second-order valence-corrected chi connectivity index (χ2v) is 8.09. The monoisotopic (exact) mass is 383 g/mol. The number of carbonyl (C=O) groups excluding carboxylic acids is 1. The lowest BCUT2D eigenvalue weighted by Gasteiger charge is -2.33. The standard InChI is InChI=1S/C19H23Cl2NO3/c20-15-8-5-13(11-16(15)21)19(9-1-2-10-19)18(25)22-14-6-3-12(4-7-14)17(23)24/h5,8,11-12,14H,1-4,6-7,9-10H2,(H,22,25)(H,23,24). The highest BCUT2D eigenvalue weighted by Crippen LogP contribution is 2.43. The Balaban J connectivity index is 1.73. The summed E-state index contributed by atoms with van der Waals surface area (Å²) in [5.74, 6) is -0.960. The minimum Gasteiger partial charge on any atom is -0.481 e. The first-order valence-electron chi connectivity index (χ1n) is 8.92. The Kier molecular flexibility index (Phi) is 5.59. The van der Waals surface area contributed by atoms with Crippen molar-refractivity contribution in [1.29, 1.82) is 0 Å². The summed E-state index contributed by atoms with van der Waals surface area (Å²) in [6, 6.07) is 5.53. The van der Waals surface area contributed by atoms with E-state index in [1.54, 1.807) is 6.07 Å². The van der Waals surface area contributed by atoms with Gasteiger partial charge in [0.2, 0.25) is 5.91 Å². The molecule has 0 atom stereocenters. The van der Waals surface area contributed by atoms with Crippen molar-refractivity contribution in [1.82, 2.24) is 5.32 Å². The van der Waals surface area contributed by atoms with Crippen LogP contribution in [-0.2, 0) is 15.0 Å². The summed E-state index contributed by atoms with van der Waals surface area (Å²) in [5.41, 5.74) is 0.383. The predicted molar refractivity (Wildman–Crippen MR) is 98.1 cm³/mol. The lowest BCUT2D eigenvalue weighted by Crippen LogP contribution is -2.48. The third-order valence-electron chi connectivity index (χ3n) is 5.78. The van der Waals surface area contributed by atoms with Gasteiger partial charge in [0.1, 0.15) is 0 Å². The summed E-state index contributed by atoms with van der Waals surface area (Å²) in [4.78, 5) is 24.2. The molecule has 0 bridgehead atoms. The molecular weight excluding hydrogens is 361 g/mol. The smallest absolute Gasteiger partial charge is 0.306 e. The number of carbonyl (C=O) groups is 2. The first-order chi connectivity index (χ1) is 11.9. The highest BCUT2D eigenvalue weighted by molar-refractivity contribution is 6.42. The van der Waals surface area contributed by atoms with E-state index < -0.39 is 11.4 Å². The minimum atomic E-state index is -0.729. The van der Waals surface area contributed by atoms with E-state index in [4.69, 9.17) is 28.3 Å². The Morgan fingerprint density at radius 2 is 1.68 bits per heavy atom. The molecule has 0 saturated heterocycles. The molecule has 3 rings (SSSR count). The first kappa shape index (κ1) is 18.5. The van der Waals surface area contributed by atoms with Crippen LogP contribution < -0.4 is 5.32 Å². The third-order valence-corrected chi connectivity index (χ3v) is 6.51. The average Bonchev–Trinajstić information content (AvgIpc) is 3.09. The lowest BCUT2D eigenvalue weighted by molar-refractivity contribution is -0.142. The zero-order valence-corrected chi connectivity index (χ0v) is 15.6. The van der Waals surface area contributed by atoms with Crippen molar-refractivity contribution in [3.8, 4) is 0 Å². The molecule has 0 aromatic heterocycles. The molecule has 2 saturated carbocycles. The van der Waals surface area contributed by atoms with Crippen LogP contribution in [0, 0.1) is 5.92 Å². The lowest BCUT2D eigenvalue weighted by atomic mass is 9.77. The molecule has 1 aromatic carbocycles. The van der Waals surface area contributed by atoms with Crippen molar-refractivity contribution in [3.05, 3.63) is 33.8 Å². The Labute approximate surface area is 157 Å². The molecule has 0 spiro atoms. The fourth-order valence-electron chi connectivity index (χ4n) is 4.23. The van der Waals surface area contributed by atoms with Crippen LogP contribution in [0.5, 0.6) is 0 Å². The molecule has 6 heteroatoms. The topological polar surface area (TPSA) is 66.4 Å². The fraction of sp³-hybridized carbons (Fsp3) is 0.579. The van der Waals surface area contributed by atoms with Gasteiger partial charge in [-0.25, -0.2) is 0 Å². The molecule has 1 aromatic rings. The molecule has 0 unspecified atom stereocenters. The van der Waals surface area contributed by atoms with E-state index in [2.05, 4.69) is 5.32 Å².